The number of carboxylic acid groups (broad SMARTS) is 1. The lowest BCUT2D eigenvalue weighted by atomic mass is 9.91. The molecule has 2 amide bonds. The number of ether oxygens (including phenoxy) is 2. The monoisotopic (exact) mass is 392 g/mol. The van der Waals surface area contributed by atoms with Crippen LogP contribution < -0.4 is 0 Å². The van der Waals surface area contributed by atoms with Crippen molar-refractivity contribution in [2.45, 2.75) is 51.4 Å². The second kappa shape index (κ2) is 7.25. The smallest absolute Gasteiger partial charge is 0.410 e. The van der Waals surface area contributed by atoms with Gasteiger partial charge in [-0.25, -0.2) is 19.4 Å². The molecular weight excluding hydrogens is 368 g/mol. The van der Waals surface area contributed by atoms with Gasteiger partial charge in [0.05, 0.1) is 31.2 Å². The van der Waals surface area contributed by atoms with Crippen molar-refractivity contribution in [3.63, 3.8) is 0 Å². The molecule has 28 heavy (non-hydrogen) atoms. The fourth-order valence-electron chi connectivity index (χ4n) is 3.24. The number of aromatic carboxylic acids is 1. The van der Waals surface area contributed by atoms with Crippen LogP contribution >= 0.6 is 0 Å². The molecule has 1 spiro atoms. The van der Waals surface area contributed by atoms with Crippen LogP contribution in [0, 0.1) is 0 Å². The molecule has 0 aromatic carbocycles. The number of carboxylic acids is 1. The first kappa shape index (κ1) is 19.8. The second-order valence-corrected chi connectivity index (χ2v) is 8.07. The SMILES string of the molecule is CC(C)(C)OC(=O)N1CCC2(CC1)CN(Cc1cnc(C(=O)O)cn1)C(=O)O2. The van der Waals surface area contributed by atoms with Crippen LogP contribution in [0.1, 0.15) is 49.8 Å². The first-order valence-electron chi connectivity index (χ1n) is 9.07. The van der Waals surface area contributed by atoms with Gasteiger partial charge in [-0.3, -0.25) is 9.88 Å². The Morgan fingerprint density at radius 2 is 1.93 bits per heavy atom. The molecule has 1 N–H and O–H groups in total. The number of likely N-dealkylation sites (tertiary alicyclic amines) is 1. The summed E-state index contributed by atoms with van der Waals surface area (Å²) >= 11 is 0. The van der Waals surface area contributed by atoms with E-state index in [0.717, 1.165) is 6.20 Å². The number of rotatable bonds is 3. The van der Waals surface area contributed by atoms with E-state index in [-0.39, 0.29) is 18.3 Å². The molecule has 2 aliphatic heterocycles. The van der Waals surface area contributed by atoms with Crippen LogP contribution in [0.4, 0.5) is 9.59 Å². The van der Waals surface area contributed by atoms with E-state index in [1.807, 2.05) is 20.8 Å². The van der Waals surface area contributed by atoms with Crippen LogP contribution in [0.15, 0.2) is 12.4 Å². The highest BCUT2D eigenvalue weighted by molar-refractivity contribution is 5.84. The third-order valence-corrected chi connectivity index (χ3v) is 4.64. The molecule has 152 valence electrons. The van der Waals surface area contributed by atoms with Crippen molar-refractivity contribution in [2.24, 2.45) is 0 Å². The lowest BCUT2D eigenvalue weighted by Crippen LogP contribution is -2.49. The van der Waals surface area contributed by atoms with Gasteiger partial charge in [0.15, 0.2) is 5.69 Å². The summed E-state index contributed by atoms with van der Waals surface area (Å²) < 4.78 is 11.0. The normalized spacial score (nSPS) is 18.9. The minimum Gasteiger partial charge on any atom is -0.476 e. The van der Waals surface area contributed by atoms with Crippen LogP contribution in [0.2, 0.25) is 0 Å². The van der Waals surface area contributed by atoms with Crippen LogP contribution in [0.5, 0.6) is 0 Å². The molecular formula is C18H24N4O6. The molecule has 10 heteroatoms. The molecule has 0 radical (unpaired) electrons. The molecule has 10 nitrogen and oxygen atoms in total. The average Bonchev–Trinajstić information content (AvgIpc) is 2.89. The van der Waals surface area contributed by atoms with E-state index in [1.54, 1.807) is 4.90 Å². The summed E-state index contributed by atoms with van der Waals surface area (Å²) in [7, 11) is 0. The van der Waals surface area contributed by atoms with Gasteiger partial charge in [0, 0.05) is 25.9 Å². The molecule has 0 saturated carbocycles. The first-order valence-corrected chi connectivity index (χ1v) is 9.07. The molecule has 1 aromatic rings. The van der Waals surface area contributed by atoms with Gasteiger partial charge in [0.2, 0.25) is 0 Å². The molecule has 1 aromatic heterocycles. The molecule has 2 aliphatic rings. The Kier molecular flexibility index (Phi) is 5.14. The summed E-state index contributed by atoms with van der Waals surface area (Å²) in [6.07, 6.45) is 2.74. The topological polar surface area (TPSA) is 122 Å². The Hall–Kier alpha value is -2.91. The summed E-state index contributed by atoms with van der Waals surface area (Å²) in [6, 6.07) is 0. The molecule has 3 heterocycles. The maximum atomic E-state index is 12.3. The molecule has 3 rings (SSSR count). The van der Waals surface area contributed by atoms with Gasteiger partial charge in [-0.05, 0) is 20.8 Å². The van der Waals surface area contributed by atoms with E-state index < -0.39 is 23.3 Å². The third kappa shape index (κ3) is 4.49. The highest BCUT2D eigenvalue weighted by atomic mass is 16.6. The second-order valence-electron chi connectivity index (χ2n) is 8.07. The number of nitrogens with zero attached hydrogens (tertiary/aromatic N) is 4. The lowest BCUT2D eigenvalue weighted by molar-refractivity contribution is -0.0170. The lowest BCUT2D eigenvalue weighted by Gasteiger charge is -2.37. The van der Waals surface area contributed by atoms with Crippen molar-refractivity contribution < 1.29 is 29.0 Å². The van der Waals surface area contributed by atoms with Crippen LogP contribution in [0.25, 0.3) is 0 Å². The van der Waals surface area contributed by atoms with Gasteiger partial charge in [0.25, 0.3) is 0 Å². The quantitative estimate of drug-likeness (QED) is 0.827. The van der Waals surface area contributed by atoms with E-state index in [0.29, 0.717) is 38.2 Å². The number of hydrogen-bond acceptors (Lipinski definition) is 7. The van der Waals surface area contributed by atoms with Gasteiger partial charge >= 0.3 is 18.2 Å². The average molecular weight is 392 g/mol. The van der Waals surface area contributed by atoms with Gasteiger partial charge in [-0.15, -0.1) is 0 Å². The maximum Gasteiger partial charge on any atom is 0.410 e. The number of piperidine rings is 1. The van der Waals surface area contributed by atoms with Crippen LogP contribution in [-0.4, -0.2) is 73.9 Å². The molecule has 0 bridgehead atoms. The zero-order chi connectivity index (χ0) is 20.5. The van der Waals surface area contributed by atoms with Crippen molar-refractivity contribution in [3.8, 4) is 0 Å². The summed E-state index contributed by atoms with van der Waals surface area (Å²) in [5.74, 6) is -1.16. The van der Waals surface area contributed by atoms with Gasteiger partial charge < -0.3 is 19.5 Å². The van der Waals surface area contributed by atoms with Crippen molar-refractivity contribution in [1.82, 2.24) is 19.8 Å². The van der Waals surface area contributed by atoms with E-state index in [4.69, 9.17) is 14.6 Å². The minimum atomic E-state index is -1.16. The highest BCUT2D eigenvalue weighted by Gasteiger charge is 2.47. The summed E-state index contributed by atoms with van der Waals surface area (Å²) in [4.78, 5) is 46.3. The fraction of sp³-hybridized carbons (Fsp3) is 0.611. The predicted molar refractivity (Wildman–Crippen MR) is 95.7 cm³/mol. The number of aromatic nitrogens is 2. The minimum absolute atomic E-state index is 0.154. The van der Waals surface area contributed by atoms with Crippen molar-refractivity contribution in [3.05, 3.63) is 23.8 Å². The Labute approximate surface area is 162 Å². The summed E-state index contributed by atoms with van der Waals surface area (Å²) in [6.45, 7) is 6.92. The predicted octanol–water partition coefficient (Wildman–Crippen LogP) is 1.90. The molecule has 0 unspecified atom stereocenters. The number of amides is 2. The summed E-state index contributed by atoms with van der Waals surface area (Å²) in [5.41, 5.74) is -0.867. The maximum absolute atomic E-state index is 12.3. The number of carbonyl (C=O) groups is 3. The Morgan fingerprint density at radius 3 is 2.46 bits per heavy atom. The molecule has 0 atom stereocenters. The molecule has 0 aliphatic carbocycles. The van der Waals surface area contributed by atoms with Crippen molar-refractivity contribution >= 4 is 18.2 Å². The summed E-state index contributed by atoms with van der Waals surface area (Å²) in [5, 5.41) is 8.87. The first-order chi connectivity index (χ1) is 13.1. The zero-order valence-corrected chi connectivity index (χ0v) is 16.2. The van der Waals surface area contributed by atoms with E-state index >= 15 is 0 Å². The van der Waals surface area contributed by atoms with Gasteiger partial charge in [-0.2, -0.15) is 0 Å². The van der Waals surface area contributed by atoms with Crippen LogP contribution in [0.3, 0.4) is 0 Å². The highest BCUT2D eigenvalue weighted by Crippen LogP contribution is 2.34. The van der Waals surface area contributed by atoms with Crippen molar-refractivity contribution in [1.29, 1.82) is 0 Å². The Bertz CT molecular complexity index is 765. The fourth-order valence-corrected chi connectivity index (χ4v) is 3.24. The standard InChI is InChI=1S/C18H24N4O6/c1-17(2,3)27-15(25)21-6-4-18(5-7-21)11-22(16(26)28-18)10-12-8-20-13(9-19-12)14(23)24/h8-9H,4-7,10-11H2,1-3H3,(H,23,24). The van der Waals surface area contributed by atoms with Gasteiger partial charge in [-0.1, -0.05) is 0 Å². The molecule has 2 fully saturated rings. The van der Waals surface area contributed by atoms with Crippen molar-refractivity contribution in [2.75, 3.05) is 19.6 Å². The number of hydrogen-bond donors (Lipinski definition) is 1. The number of carbonyl (C=O) groups excluding carboxylic acids is 2. The third-order valence-electron chi connectivity index (χ3n) is 4.64. The van der Waals surface area contributed by atoms with Crippen LogP contribution in [-0.2, 0) is 16.0 Å². The van der Waals surface area contributed by atoms with E-state index in [2.05, 4.69) is 9.97 Å². The Morgan fingerprint density at radius 1 is 1.25 bits per heavy atom. The zero-order valence-electron chi connectivity index (χ0n) is 16.2. The Balaban J connectivity index is 1.57. The van der Waals surface area contributed by atoms with Gasteiger partial charge in [0.1, 0.15) is 11.2 Å². The molecule has 2 saturated heterocycles. The van der Waals surface area contributed by atoms with E-state index in [1.165, 1.54) is 11.1 Å². The van der Waals surface area contributed by atoms with E-state index in [9.17, 15) is 14.4 Å². The largest absolute Gasteiger partial charge is 0.476 e.